The number of carbonyl (C=O) groups is 1. The number of fused-ring (bicyclic) bond motifs is 5. The molecule has 4 rings (SSSR count). The SMILES string of the molecule is CC(=O)O[C@@H]1CC[C@@]2(C)C(=CC[C@H]3[C@H]4CC[C@@H]([C@H](C)CCCC(C)C)[C@@]4(C)CC[C@@H]32)C1. The van der Waals surface area contributed by atoms with Crippen molar-refractivity contribution >= 4 is 5.97 Å². The Labute approximate surface area is 192 Å². The number of ether oxygens (including phenoxy) is 1. The standard InChI is InChI=1S/C29H48O2/c1-19(2)8-7-9-20(3)25-12-13-26-24-11-10-22-18-23(31-21(4)30)14-16-28(22,5)27(24)15-17-29(25,26)6/h10,19-20,23-27H,7-9,11-18H2,1-6H3/t20-,23-,24+,25+,26-,27+,28+,29-/m1/s1. The Morgan fingerprint density at radius 2 is 1.84 bits per heavy atom. The molecule has 0 saturated heterocycles. The summed E-state index contributed by atoms with van der Waals surface area (Å²) in [7, 11) is 0. The first-order valence-electron chi connectivity index (χ1n) is 13.5. The summed E-state index contributed by atoms with van der Waals surface area (Å²) in [6.45, 7) is 14.1. The fourth-order valence-corrected chi connectivity index (χ4v) is 8.99. The van der Waals surface area contributed by atoms with Gasteiger partial charge in [0.15, 0.2) is 0 Å². The van der Waals surface area contributed by atoms with Crippen LogP contribution in [0.25, 0.3) is 0 Å². The molecule has 0 aliphatic heterocycles. The van der Waals surface area contributed by atoms with Gasteiger partial charge in [0.2, 0.25) is 0 Å². The van der Waals surface area contributed by atoms with Crippen LogP contribution in [0.1, 0.15) is 112 Å². The van der Waals surface area contributed by atoms with Crippen molar-refractivity contribution in [3.05, 3.63) is 11.6 Å². The van der Waals surface area contributed by atoms with Gasteiger partial charge in [0.1, 0.15) is 6.10 Å². The summed E-state index contributed by atoms with van der Waals surface area (Å²) in [6, 6.07) is 0. The summed E-state index contributed by atoms with van der Waals surface area (Å²) in [6.07, 6.45) is 17.2. The lowest BCUT2D eigenvalue weighted by Crippen LogP contribution is -2.51. The average Bonchev–Trinajstić information content (AvgIpc) is 3.05. The van der Waals surface area contributed by atoms with Gasteiger partial charge >= 0.3 is 5.97 Å². The zero-order valence-corrected chi connectivity index (χ0v) is 21.2. The minimum Gasteiger partial charge on any atom is -0.462 e. The summed E-state index contributed by atoms with van der Waals surface area (Å²) >= 11 is 0. The maximum Gasteiger partial charge on any atom is 0.302 e. The van der Waals surface area contributed by atoms with E-state index in [1.54, 1.807) is 12.5 Å². The van der Waals surface area contributed by atoms with E-state index in [0.717, 1.165) is 48.3 Å². The lowest BCUT2D eigenvalue weighted by atomic mass is 9.47. The first kappa shape index (κ1) is 23.4. The van der Waals surface area contributed by atoms with Crippen molar-refractivity contribution in [3.8, 4) is 0 Å². The van der Waals surface area contributed by atoms with E-state index in [-0.39, 0.29) is 12.1 Å². The summed E-state index contributed by atoms with van der Waals surface area (Å²) in [5, 5.41) is 0. The summed E-state index contributed by atoms with van der Waals surface area (Å²) < 4.78 is 5.61. The smallest absolute Gasteiger partial charge is 0.302 e. The van der Waals surface area contributed by atoms with Crippen molar-refractivity contribution < 1.29 is 9.53 Å². The van der Waals surface area contributed by atoms with Crippen molar-refractivity contribution in [3.63, 3.8) is 0 Å². The summed E-state index contributed by atoms with van der Waals surface area (Å²) in [5.74, 6) is 5.19. The van der Waals surface area contributed by atoms with E-state index in [9.17, 15) is 4.79 Å². The van der Waals surface area contributed by atoms with Gasteiger partial charge in [-0.1, -0.05) is 65.5 Å². The van der Waals surface area contributed by atoms with Gasteiger partial charge in [-0.3, -0.25) is 4.79 Å². The van der Waals surface area contributed by atoms with Gasteiger partial charge in [-0.05, 0) is 91.3 Å². The highest BCUT2D eigenvalue weighted by Gasteiger charge is 2.59. The molecule has 0 amide bonds. The molecule has 0 aromatic rings. The molecule has 2 nitrogen and oxygen atoms in total. The van der Waals surface area contributed by atoms with Crippen molar-refractivity contribution in [1.82, 2.24) is 0 Å². The van der Waals surface area contributed by atoms with Crippen LogP contribution in [0.15, 0.2) is 11.6 Å². The molecule has 4 aliphatic carbocycles. The second-order valence-electron chi connectivity index (χ2n) is 12.8. The van der Waals surface area contributed by atoms with E-state index < -0.39 is 0 Å². The normalized spacial score (nSPS) is 42.9. The lowest BCUT2D eigenvalue weighted by Gasteiger charge is -2.58. The third-order valence-corrected chi connectivity index (χ3v) is 10.6. The Kier molecular flexibility index (Phi) is 6.68. The maximum atomic E-state index is 11.5. The minimum atomic E-state index is -0.115. The molecular weight excluding hydrogens is 380 g/mol. The molecule has 4 aliphatic rings. The molecule has 0 unspecified atom stereocenters. The Bertz CT molecular complexity index is 693. The quantitative estimate of drug-likeness (QED) is 0.317. The van der Waals surface area contributed by atoms with Crippen LogP contribution in [0.3, 0.4) is 0 Å². The molecule has 0 aromatic carbocycles. The Morgan fingerprint density at radius 3 is 2.55 bits per heavy atom. The van der Waals surface area contributed by atoms with Gasteiger partial charge in [0, 0.05) is 13.3 Å². The van der Waals surface area contributed by atoms with Crippen LogP contribution in [-0.2, 0) is 9.53 Å². The van der Waals surface area contributed by atoms with E-state index in [1.165, 1.54) is 57.8 Å². The molecule has 31 heavy (non-hydrogen) atoms. The molecule has 0 N–H and O–H groups in total. The Morgan fingerprint density at radius 1 is 1.06 bits per heavy atom. The van der Waals surface area contributed by atoms with Crippen LogP contribution in [0.2, 0.25) is 0 Å². The van der Waals surface area contributed by atoms with Crippen molar-refractivity contribution in [1.29, 1.82) is 0 Å². The van der Waals surface area contributed by atoms with Crippen molar-refractivity contribution in [2.45, 2.75) is 118 Å². The maximum absolute atomic E-state index is 11.5. The average molecular weight is 429 g/mol. The first-order valence-corrected chi connectivity index (χ1v) is 13.5. The van der Waals surface area contributed by atoms with Crippen LogP contribution in [0.4, 0.5) is 0 Å². The van der Waals surface area contributed by atoms with Crippen LogP contribution < -0.4 is 0 Å². The predicted molar refractivity (Wildman–Crippen MR) is 129 cm³/mol. The highest BCUT2D eigenvalue weighted by atomic mass is 16.5. The van der Waals surface area contributed by atoms with E-state index in [4.69, 9.17) is 4.74 Å². The van der Waals surface area contributed by atoms with Crippen LogP contribution in [-0.4, -0.2) is 12.1 Å². The highest BCUT2D eigenvalue weighted by molar-refractivity contribution is 5.66. The molecule has 0 aromatic heterocycles. The second kappa shape index (κ2) is 8.86. The Balaban J connectivity index is 1.47. The largest absolute Gasteiger partial charge is 0.462 e. The predicted octanol–water partition coefficient (Wildman–Crippen LogP) is 7.96. The minimum absolute atomic E-state index is 0.115. The number of rotatable bonds is 6. The zero-order valence-electron chi connectivity index (χ0n) is 21.2. The zero-order chi connectivity index (χ0) is 22.4. The molecule has 176 valence electrons. The third kappa shape index (κ3) is 4.26. The van der Waals surface area contributed by atoms with Gasteiger partial charge in [-0.2, -0.15) is 0 Å². The number of carbonyl (C=O) groups excluding carboxylic acids is 1. The molecule has 3 saturated carbocycles. The van der Waals surface area contributed by atoms with E-state index in [0.29, 0.717) is 10.8 Å². The number of allylic oxidation sites excluding steroid dienone is 1. The molecule has 8 atom stereocenters. The topological polar surface area (TPSA) is 26.3 Å². The van der Waals surface area contributed by atoms with E-state index >= 15 is 0 Å². The van der Waals surface area contributed by atoms with Gasteiger partial charge in [0.05, 0.1) is 0 Å². The fraction of sp³-hybridized carbons (Fsp3) is 0.897. The fourth-order valence-electron chi connectivity index (χ4n) is 8.99. The number of esters is 1. The summed E-state index contributed by atoms with van der Waals surface area (Å²) in [5.41, 5.74) is 2.53. The van der Waals surface area contributed by atoms with E-state index in [2.05, 4.69) is 40.7 Å². The molecule has 0 bridgehead atoms. The molecule has 3 fully saturated rings. The third-order valence-electron chi connectivity index (χ3n) is 10.6. The molecule has 0 heterocycles. The van der Waals surface area contributed by atoms with Gasteiger partial charge in [-0.25, -0.2) is 0 Å². The van der Waals surface area contributed by atoms with Crippen LogP contribution in [0, 0.1) is 46.3 Å². The molecule has 2 heteroatoms. The monoisotopic (exact) mass is 428 g/mol. The molecule has 0 radical (unpaired) electrons. The number of hydrogen-bond donors (Lipinski definition) is 0. The van der Waals surface area contributed by atoms with Crippen LogP contribution >= 0.6 is 0 Å². The van der Waals surface area contributed by atoms with Crippen molar-refractivity contribution in [2.75, 3.05) is 0 Å². The first-order chi connectivity index (χ1) is 14.6. The van der Waals surface area contributed by atoms with Crippen molar-refractivity contribution in [2.24, 2.45) is 46.3 Å². The number of hydrogen-bond acceptors (Lipinski definition) is 2. The molecule has 0 spiro atoms. The van der Waals surface area contributed by atoms with Gasteiger partial charge < -0.3 is 4.74 Å². The molecular formula is C29H48O2. The van der Waals surface area contributed by atoms with Crippen LogP contribution in [0.5, 0.6) is 0 Å². The highest BCUT2D eigenvalue weighted by Crippen LogP contribution is 2.67. The van der Waals surface area contributed by atoms with Gasteiger partial charge in [0.25, 0.3) is 0 Å². The lowest BCUT2D eigenvalue weighted by molar-refractivity contribution is -0.148. The van der Waals surface area contributed by atoms with E-state index in [1.807, 2.05) is 0 Å². The summed E-state index contributed by atoms with van der Waals surface area (Å²) in [4.78, 5) is 11.5. The van der Waals surface area contributed by atoms with Gasteiger partial charge in [-0.15, -0.1) is 0 Å². The Hall–Kier alpha value is -0.790. The second-order valence-corrected chi connectivity index (χ2v) is 12.8.